The van der Waals surface area contributed by atoms with Crippen LogP contribution in [0.5, 0.6) is 0 Å². The van der Waals surface area contributed by atoms with Crippen molar-refractivity contribution in [2.24, 2.45) is 0 Å². The molecule has 104 valence electrons. The van der Waals surface area contributed by atoms with E-state index in [1.54, 1.807) is 0 Å². The predicted octanol–water partition coefficient (Wildman–Crippen LogP) is -1.02. The number of aliphatic carboxylic acids is 2. The molecule has 0 aromatic carbocycles. The first-order chi connectivity index (χ1) is 8.32. The Morgan fingerprint density at radius 2 is 1.89 bits per heavy atom. The number of hydrogen-bond donors (Lipinski definition) is 4. The zero-order chi connectivity index (χ0) is 14.1. The summed E-state index contributed by atoms with van der Waals surface area (Å²) in [5, 5.41) is 21.5. The zero-order valence-electron chi connectivity index (χ0n) is 9.84. The summed E-state index contributed by atoms with van der Waals surface area (Å²) in [4.78, 5) is 32.2. The van der Waals surface area contributed by atoms with Crippen molar-refractivity contribution in [3.63, 3.8) is 0 Å². The van der Waals surface area contributed by atoms with Crippen LogP contribution in [0.25, 0.3) is 0 Å². The van der Waals surface area contributed by atoms with Crippen LogP contribution in [0.15, 0.2) is 0 Å². The number of carboxylic acid groups (broad SMARTS) is 2. The van der Waals surface area contributed by atoms with Gasteiger partial charge >= 0.3 is 18.0 Å². The molecule has 0 aliphatic carbocycles. The van der Waals surface area contributed by atoms with E-state index < -0.39 is 41.2 Å². The van der Waals surface area contributed by atoms with Crippen LogP contribution in [-0.2, 0) is 20.4 Å². The third-order valence-electron chi connectivity index (χ3n) is 1.88. The minimum Gasteiger partial charge on any atom is -0.481 e. The summed E-state index contributed by atoms with van der Waals surface area (Å²) in [6, 6.07) is -2.23. The van der Waals surface area contributed by atoms with E-state index in [-0.39, 0.29) is 6.54 Å². The molecule has 0 spiro atoms. The van der Waals surface area contributed by atoms with Crippen molar-refractivity contribution in [3.05, 3.63) is 0 Å². The normalized spacial score (nSPS) is 13.4. The van der Waals surface area contributed by atoms with Gasteiger partial charge in [0.1, 0.15) is 6.04 Å². The van der Waals surface area contributed by atoms with E-state index in [1.165, 1.54) is 6.26 Å². The Morgan fingerprint density at radius 1 is 1.28 bits per heavy atom. The van der Waals surface area contributed by atoms with Crippen molar-refractivity contribution in [3.8, 4) is 0 Å². The van der Waals surface area contributed by atoms with E-state index >= 15 is 0 Å². The van der Waals surface area contributed by atoms with Gasteiger partial charge in [-0.3, -0.25) is 9.00 Å². The monoisotopic (exact) mass is 280 g/mol. The second-order valence-electron chi connectivity index (χ2n) is 3.52. The van der Waals surface area contributed by atoms with E-state index in [1.807, 2.05) is 5.32 Å². The van der Waals surface area contributed by atoms with E-state index in [0.717, 1.165) is 0 Å². The van der Waals surface area contributed by atoms with Crippen molar-refractivity contribution in [2.75, 3.05) is 18.6 Å². The van der Waals surface area contributed by atoms with Crippen LogP contribution in [0.3, 0.4) is 0 Å². The van der Waals surface area contributed by atoms with Gasteiger partial charge in [0.05, 0.1) is 6.42 Å². The van der Waals surface area contributed by atoms with Gasteiger partial charge in [0.25, 0.3) is 0 Å². The van der Waals surface area contributed by atoms with Gasteiger partial charge in [-0.05, 0) is 6.42 Å². The Hall–Kier alpha value is -1.64. The van der Waals surface area contributed by atoms with Crippen LogP contribution in [0, 0.1) is 0 Å². The first-order valence-corrected chi connectivity index (χ1v) is 6.84. The molecule has 0 aliphatic rings. The highest BCUT2D eigenvalue weighted by Gasteiger charge is 2.22. The Morgan fingerprint density at radius 3 is 2.33 bits per heavy atom. The molecule has 0 saturated heterocycles. The van der Waals surface area contributed by atoms with Crippen LogP contribution in [0.2, 0.25) is 0 Å². The van der Waals surface area contributed by atoms with Crippen molar-refractivity contribution >= 4 is 28.8 Å². The van der Waals surface area contributed by atoms with Gasteiger partial charge in [-0.25, -0.2) is 9.59 Å². The van der Waals surface area contributed by atoms with Crippen LogP contribution >= 0.6 is 0 Å². The molecule has 0 radical (unpaired) electrons. The van der Waals surface area contributed by atoms with Gasteiger partial charge < -0.3 is 20.8 Å². The molecule has 0 bridgehead atoms. The van der Waals surface area contributed by atoms with Crippen LogP contribution in [0.4, 0.5) is 4.79 Å². The molecule has 0 rings (SSSR count). The Balaban J connectivity index is 3.99. The van der Waals surface area contributed by atoms with Crippen molar-refractivity contribution in [2.45, 2.75) is 18.9 Å². The first-order valence-electron chi connectivity index (χ1n) is 5.12. The average molecular weight is 280 g/mol. The van der Waals surface area contributed by atoms with Gasteiger partial charge in [0.15, 0.2) is 0 Å². The molecule has 0 saturated carbocycles. The van der Waals surface area contributed by atoms with Crippen LogP contribution < -0.4 is 10.6 Å². The number of hydrogen-bond acceptors (Lipinski definition) is 4. The molecule has 0 aromatic heterocycles. The number of carbonyl (C=O) groups excluding carboxylic acids is 1. The third-order valence-corrected chi connectivity index (χ3v) is 2.74. The second kappa shape index (κ2) is 8.45. The Bertz CT molecular complexity index is 346. The summed E-state index contributed by atoms with van der Waals surface area (Å²) in [7, 11) is -0.950. The zero-order valence-corrected chi connectivity index (χ0v) is 10.7. The lowest BCUT2D eigenvalue weighted by atomic mass is 10.2. The predicted molar refractivity (Wildman–Crippen MR) is 63.8 cm³/mol. The van der Waals surface area contributed by atoms with E-state index in [0.29, 0.717) is 12.2 Å². The first kappa shape index (κ1) is 16.4. The molecule has 18 heavy (non-hydrogen) atoms. The molecule has 4 N–H and O–H groups in total. The topological polar surface area (TPSA) is 133 Å². The molecule has 0 heterocycles. The van der Waals surface area contributed by atoms with Gasteiger partial charge in [-0.15, -0.1) is 0 Å². The SMILES string of the molecule is CS(=O)CCCNC(=O)N[C@H](CC(=O)O)C(=O)O. The Kier molecular flexibility index (Phi) is 7.68. The lowest BCUT2D eigenvalue weighted by Crippen LogP contribution is -2.47. The van der Waals surface area contributed by atoms with Crippen LogP contribution in [0.1, 0.15) is 12.8 Å². The molecule has 0 aliphatic heterocycles. The number of nitrogens with one attached hydrogen (secondary N) is 2. The number of carboxylic acids is 2. The van der Waals surface area contributed by atoms with Gasteiger partial charge in [-0.2, -0.15) is 0 Å². The standard InChI is InChI=1S/C9H16N2O6S/c1-18(17)4-2-3-10-9(16)11-6(8(14)15)5-7(12)13/h6H,2-5H2,1H3,(H,12,13)(H,14,15)(H2,10,11,16)/t6-,18?/m1/s1. The molecular formula is C9H16N2O6S. The molecule has 2 amide bonds. The number of urea groups is 1. The summed E-state index contributed by atoms with van der Waals surface area (Å²) in [6.07, 6.45) is 1.34. The largest absolute Gasteiger partial charge is 0.481 e. The summed E-state index contributed by atoms with van der Waals surface area (Å²) < 4.78 is 10.7. The molecule has 1 unspecified atom stereocenters. The van der Waals surface area contributed by atoms with Crippen molar-refractivity contribution < 1.29 is 28.8 Å². The fourth-order valence-electron chi connectivity index (χ4n) is 1.06. The van der Waals surface area contributed by atoms with Crippen molar-refractivity contribution in [1.82, 2.24) is 10.6 Å². The lowest BCUT2D eigenvalue weighted by Gasteiger charge is -2.13. The second-order valence-corrected chi connectivity index (χ2v) is 5.07. The third kappa shape index (κ3) is 8.50. The molecule has 8 nitrogen and oxygen atoms in total. The molecule has 2 atom stereocenters. The summed E-state index contributed by atoms with van der Waals surface area (Å²) >= 11 is 0. The average Bonchev–Trinajstić information content (AvgIpc) is 2.22. The highest BCUT2D eigenvalue weighted by molar-refractivity contribution is 7.84. The fraction of sp³-hybridized carbons (Fsp3) is 0.667. The van der Waals surface area contributed by atoms with E-state index in [4.69, 9.17) is 10.2 Å². The minimum absolute atomic E-state index is 0.241. The summed E-state index contributed by atoms with van der Waals surface area (Å²) in [5.41, 5.74) is 0. The fourth-order valence-corrected chi connectivity index (χ4v) is 1.61. The highest BCUT2D eigenvalue weighted by Crippen LogP contribution is 1.92. The lowest BCUT2D eigenvalue weighted by molar-refractivity contribution is -0.145. The van der Waals surface area contributed by atoms with Gasteiger partial charge in [0.2, 0.25) is 0 Å². The van der Waals surface area contributed by atoms with E-state index in [9.17, 15) is 18.6 Å². The maximum Gasteiger partial charge on any atom is 0.326 e. The quantitative estimate of drug-likeness (QED) is 0.421. The smallest absolute Gasteiger partial charge is 0.326 e. The number of carbonyl (C=O) groups is 3. The minimum atomic E-state index is -1.47. The highest BCUT2D eigenvalue weighted by atomic mass is 32.2. The summed E-state index contributed by atoms with van der Waals surface area (Å²) in [6.45, 7) is 0.241. The number of rotatable bonds is 8. The maximum absolute atomic E-state index is 11.2. The molecular weight excluding hydrogens is 264 g/mol. The van der Waals surface area contributed by atoms with E-state index in [2.05, 4.69) is 5.32 Å². The molecule has 0 fully saturated rings. The maximum atomic E-state index is 11.2. The van der Waals surface area contributed by atoms with Gasteiger partial charge in [0, 0.05) is 29.4 Å². The Labute approximate surface area is 106 Å². The van der Waals surface area contributed by atoms with Gasteiger partial charge in [-0.1, -0.05) is 0 Å². The van der Waals surface area contributed by atoms with Crippen LogP contribution in [-0.4, -0.2) is 57.0 Å². The number of amides is 2. The summed E-state index contributed by atoms with van der Waals surface area (Å²) in [5.74, 6) is -2.30. The van der Waals surface area contributed by atoms with Crippen molar-refractivity contribution in [1.29, 1.82) is 0 Å². The molecule has 9 heteroatoms. The molecule has 0 aromatic rings.